The normalized spacial score (nSPS) is 10.1. The van der Waals surface area contributed by atoms with Gasteiger partial charge in [-0.2, -0.15) is 0 Å². The zero-order chi connectivity index (χ0) is 11.5. The Labute approximate surface area is 97.3 Å². The second kappa shape index (κ2) is 4.33. The maximum absolute atomic E-state index is 11.1. The summed E-state index contributed by atoms with van der Waals surface area (Å²) in [7, 11) is 0. The highest BCUT2D eigenvalue weighted by Gasteiger charge is 2.08. The molecule has 0 spiro atoms. The molecule has 0 aliphatic rings. The van der Waals surface area contributed by atoms with E-state index in [-0.39, 0.29) is 0 Å². The summed E-state index contributed by atoms with van der Waals surface area (Å²) in [4.78, 5) is 15.2. The number of ether oxygens (including phenoxy) is 1. The molecule has 0 aliphatic carbocycles. The molecule has 0 radical (unpaired) electrons. The fraction of sp³-hybridized carbons (Fsp3) is 0. The molecule has 3 nitrogen and oxygen atoms in total. The van der Waals surface area contributed by atoms with Gasteiger partial charge in [-0.05, 0) is 24.3 Å². The topological polar surface area (TPSA) is 39.2 Å². The lowest BCUT2D eigenvalue weighted by Gasteiger charge is -2.05. The van der Waals surface area contributed by atoms with Gasteiger partial charge in [-0.1, -0.05) is 18.2 Å². The molecule has 0 N–H and O–H groups in total. The molecule has 4 heteroatoms. The van der Waals surface area contributed by atoms with Crippen LogP contribution in [-0.4, -0.2) is 11.0 Å². The van der Waals surface area contributed by atoms with E-state index >= 15 is 0 Å². The lowest BCUT2D eigenvalue weighted by molar-refractivity contribution is -0.128. The maximum atomic E-state index is 11.1. The van der Waals surface area contributed by atoms with Crippen LogP contribution in [0.3, 0.4) is 0 Å². The summed E-state index contributed by atoms with van der Waals surface area (Å²) < 4.78 is 5.05. The molecule has 0 amide bonds. The number of carbonyl (C=O) groups is 1. The number of fused-ring (bicyclic) bond motifs is 1. The first-order chi connectivity index (χ1) is 7.72. The van der Waals surface area contributed by atoms with Crippen LogP contribution in [0.4, 0.5) is 0 Å². The van der Waals surface area contributed by atoms with Crippen molar-refractivity contribution >= 4 is 28.5 Å². The van der Waals surface area contributed by atoms with Gasteiger partial charge in [0.25, 0.3) is 0 Å². The first kappa shape index (κ1) is 10.6. The summed E-state index contributed by atoms with van der Waals surface area (Å²) in [5.41, 5.74) is 0.560. The Kier molecular flexibility index (Phi) is 2.88. The van der Waals surface area contributed by atoms with Crippen molar-refractivity contribution < 1.29 is 9.53 Å². The van der Waals surface area contributed by atoms with E-state index in [1.807, 2.05) is 6.07 Å². The van der Waals surface area contributed by atoms with Crippen molar-refractivity contribution in [3.05, 3.63) is 48.1 Å². The van der Waals surface area contributed by atoms with Crippen LogP contribution in [0.15, 0.2) is 43.1 Å². The number of hydrogen-bond donors (Lipinski definition) is 0. The molecule has 0 aliphatic heterocycles. The average Bonchev–Trinajstić information content (AvgIpc) is 2.33. The number of benzene rings is 1. The van der Waals surface area contributed by atoms with Gasteiger partial charge in [0.1, 0.15) is 5.52 Å². The number of rotatable bonds is 2. The second-order valence-corrected chi connectivity index (χ2v) is 3.48. The van der Waals surface area contributed by atoms with Crippen molar-refractivity contribution in [2.24, 2.45) is 0 Å². The van der Waals surface area contributed by atoms with Gasteiger partial charge in [-0.15, -0.1) is 0 Å². The Morgan fingerprint density at radius 2 is 2.25 bits per heavy atom. The van der Waals surface area contributed by atoms with Crippen LogP contribution < -0.4 is 4.74 Å². The molecular weight excluding hydrogens is 226 g/mol. The summed E-state index contributed by atoms with van der Waals surface area (Å²) in [6, 6.07) is 6.86. The van der Waals surface area contributed by atoms with E-state index in [1.54, 1.807) is 24.4 Å². The first-order valence-corrected chi connectivity index (χ1v) is 4.97. The molecule has 1 aromatic heterocycles. The molecule has 80 valence electrons. The molecule has 0 saturated heterocycles. The van der Waals surface area contributed by atoms with E-state index in [0.29, 0.717) is 16.3 Å². The third-order valence-electron chi connectivity index (χ3n) is 2.06. The number of carbonyl (C=O) groups excluding carboxylic acids is 1. The number of nitrogens with zero attached hydrogens (tertiary/aromatic N) is 1. The van der Waals surface area contributed by atoms with Gasteiger partial charge in [0.05, 0.1) is 5.02 Å². The molecule has 1 heterocycles. The van der Waals surface area contributed by atoms with Crippen LogP contribution in [0.1, 0.15) is 0 Å². The van der Waals surface area contributed by atoms with Crippen LogP contribution in [0, 0.1) is 0 Å². The zero-order valence-electron chi connectivity index (χ0n) is 8.31. The summed E-state index contributed by atoms with van der Waals surface area (Å²) in [5, 5.41) is 1.32. The largest absolute Gasteiger partial charge is 0.421 e. The van der Waals surface area contributed by atoms with Gasteiger partial charge in [0.2, 0.25) is 0 Å². The number of aromatic nitrogens is 1. The van der Waals surface area contributed by atoms with Crippen LogP contribution in [-0.2, 0) is 4.79 Å². The molecule has 0 atom stereocenters. The Balaban J connectivity index is 2.58. The highest BCUT2D eigenvalue weighted by molar-refractivity contribution is 6.35. The number of pyridine rings is 1. The van der Waals surface area contributed by atoms with Gasteiger partial charge < -0.3 is 4.74 Å². The minimum atomic E-state index is -0.519. The number of esters is 1. The van der Waals surface area contributed by atoms with E-state index in [2.05, 4.69) is 11.6 Å². The lowest BCUT2D eigenvalue weighted by Crippen LogP contribution is -2.03. The molecule has 0 saturated carbocycles. The molecule has 2 rings (SSSR count). The lowest BCUT2D eigenvalue weighted by atomic mass is 10.2. The van der Waals surface area contributed by atoms with Gasteiger partial charge in [-0.25, -0.2) is 4.79 Å². The van der Waals surface area contributed by atoms with Gasteiger partial charge in [-0.3, -0.25) is 4.98 Å². The van der Waals surface area contributed by atoms with Crippen LogP contribution in [0.5, 0.6) is 5.75 Å². The predicted molar refractivity (Wildman–Crippen MR) is 62.6 cm³/mol. The Morgan fingerprint density at radius 1 is 1.44 bits per heavy atom. The summed E-state index contributed by atoms with van der Waals surface area (Å²) in [5.74, 6) is -0.140. The average molecular weight is 234 g/mol. The second-order valence-electron chi connectivity index (χ2n) is 3.07. The monoisotopic (exact) mass is 233 g/mol. The van der Waals surface area contributed by atoms with Crippen molar-refractivity contribution in [3.8, 4) is 5.75 Å². The van der Waals surface area contributed by atoms with Crippen molar-refractivity contribution in [2.45, 2.75) is 0 Å². The van der Waals surface area contributed by atoms with E-state index in [9.17, 15) is 4.79 Å². The number of halogens is 1. The van der Waals surface area contributed by atoms with Crippen molar-refractivity contribution in [3.63, 3.8) is 0 Å². The minimum absolute atomic E-state index is 0.380. The van der Waals surface area contributed by atoms with Crippen molar-refractivity contribution in [1.82, 2.24) is 4.98 Å². The predicted octanol–water partition coefficient (Wildman–Crippen LogP) is 2.98. The first-order valence-electron chi connectivity index (χ1n) is 4.60. The molecule has 0 unspecified atom stereocenters. The standard InChI is InChI=1S/C12H8ClNO2/c1-2-11(15)16-10-6-5-9(13)8-4-3-7-14-12(8)10/h2-7H,1H2. The fourth-order valence-corrected chi connectivity index (χ4v) is 1.56. The fourth-order valence-electron chi connectivity index (χ4n) is 1.34. The highest BCUT2D eigenvalue weighted by Crippen LogP contribution is 2.29. The van der Waals surface area contributed by atoms with Gasteiger partial charge in [0, 0.05) is 17.7 Å². The Morgan fingerprint density at radius 3 is 3.00 bits per heavy atom. The third-order valence-corrected chi connectivity index (χ3v) is 2.39. The van der Waals surface area contributed by atoms with E-state index in [4.69, 9.17) is 16.3 Å². The van der Waals surface area contributed by atoms with Crippen LogP contribution in [0.2, 0.25) is 5.02 Å². The highest BCUT2D eigenvalue weighted by atomic mass is 35.5. The Hall–Kier alpha value is -1.87. The molecule has 2 aromatic rings. The minimum Gasteiger partial charge on any atom is -0.421 e. The molecular formula is C12H8ClNO2. The van der Waals surface area contributed by atoms with Crippen molar-refractivity contribution in [2.75, 3.05) is 0 Å². The van der Waals surface area contributed by atoms with Crippen molar-refractivity contribution in [1.29, 1.82) is 0 Å². The summed E-state index contributed by atoms with van der Waals surface area (Å²) >= 11 is 6.00. The summed E-state index contributed by atoms with van der Waals surface area (Å²) in [6.07, 6.45) is 2.72. The van der Waals surface area contributed by atoms with Gasteiger partial charge in [0.15, 0.2) is 5.75 Å². The van der Waals surface area contributed by atoms with Crippen LogP contribution >= 0.6 is 11.6 Å². The van der Waals surface area contributed by atoms with Crippen LogP contribution in [0.25, 0.3) is 10.9 Å². The molecule has 0 fully saturated rings. The van der Waals surface area contributed by atoms with E-state index in [1.165, 1.54) is 0 Å². The Bertz CT molecular complexity index is 566. The number of hydrogen-bond acceptors (Lipinski definition) is 3. The molecule has 1 aromatic carbocycles. The zero-order valence-corrected chi connectivity index (χ0v) is 9.07. The molecule has 0 bridgehead atoms. The molecule has 16 heavy (non-hydrogen) atoms. The maximum Gasteiger partial charge on any atom is 0.335 e. The smallest absolute Gasteiger partial charge is 0.335 e. The summed E-state index contributed by atoms with van der Waals surface area (Å²) in [6.45, 7) is 3.33. The third kappa shape index (κ3) is 1.90. The quantitative estimate of drug-likeness (QED) is 0.455. The SMILES string of the molecule is C=CC(=O)Oc1ccc(Cl)c2cccnc12. The van der Waals surface area contributed by atoms with E-state index < -0.39 is 5.97 Å². The van der Waals surface area contributed by atoms with E-state index in [0.717, 1.165) is 11.5 Å². The van der Waals surface area contributed by atoms with Gasteiger partial charge >= 0.3 is 5.97 Å².